The maximum absolute atomic E-state index is 12.4. The third kappa shape index (κ3) is 5.16. The van der Waals surface area contributed by atoms with Gasteiger partial charge < -0.3 is 0 Å². The fraction of sp³-hybridized carbons (Fsp3) is 0.476. The van der Waals surface area contributed by atoms with Gasteiger partial charge in [0.2, 0.25) is 5.91 Å². The lowest BCUT2D eigenvalue weighted by molar-refractivity contribution is -0.121. The normalized spacial score (nSPS) is 16.5. The first-order valence-corrected chi connectivity index (χ1v) is 10.2. The summed E-state index contributed by atoms with van der Waals surface area (Å²) in [4.78, 5) is 30.4. The summed E-state index contributed by atoms with van der Waals surface area (Å²) in [5, 5.41) is 0. The van der Waals surface area contributed by atoms with E-state index in [0.29, 0.717) is 23.6 Å². The summed E-state index contributed by atoms with van der Waals surface area (Å²) in [6.07, 6.45) is 7.58. The van der Waals surface area contributed by atoms with Gasteiger partial charge in [0.15, 0.2) is 0 Å². The standard InChI is InChI=1S/C21H27N3O2S/c1-21(2,3)16-7-8-17-15(11-16)12-18(27-17)20(26)24-23-19(25)9-6-14-5-4-10-22-13-14/h4-5,10,12-13,16H,6-9,11H2,1-3H3,(H,23,25)(H,24,26). The van der Waals surface area contributed by atoms with Crippen molar-refractivity contribution in [1.82, 2.24) is 15.8 Å². The number of fused-ring (bicyclic) bond motifs is 1. The fourth-order valence-corrected chi connectivity index (χ4v) is 4.53. The van der Waals surface area contributed by atoms with Crippen LogP contribution in [0.1, 0.15) is 59.3 Å². The minimum atomic E-state index is -0.239. The Bertz CT molecular complexity index is 809. The zero-order valence-corrected chi connectivity index (χ0v) is 17.0. The van der Waals surface area contributed by atoms with Gasteiger partial charge in [0.1, 0.15) is 0 Å². The minimum Gasteiger partial charge on any atom is -0.273 e. The minimum absolute atomic E-state index is 0.207. The lowest BCUT2D eigenvalue weighted by Gasteiger charge is -2.33. The van der Waals surface area contributed by atoms with E-state index in [4.69, 9.17) is 0 Å². The molecule has 1 aliphatic rings. The van der Waals surface area contributed by atoms with E-state index in [9.17, 15) is 9.59 Å². The van der Waals surface area contributed by atoms with Gasteiger partial charge in [-0.15, -0.1) is 11.3 Å². The van der Waals surface area contributed by atoms with Crippen LogP contribution >= 0.6 is 11.3 Å². The molecule has 2 aromatic rings. The van der Waals surface area contributed by atoms with Crippen molar-refractivity contribution in [3.63, 3.8) is 0 Å². The highest BCUT2D eigenvalue weighted by Crippen LogP contribution is 2.40. The first-order valence-electron chi connectivity index (χ1n) is 9.42. The lowest BCUT2D eigenvalue weighted by Crippen LogP contribution is -2.41. The number of nitrogens with one attached hydrogen (secondary N) is 2. The SMILES string of the molecule is CC(C)(C)C1CCc2sc(C(=O)NNC(=O)CCc3cccnc3)cc2C1. The first kappa shape index (κ1) is 19.5. The van der Waals surface area contributed by atoms with Gasteiger partial charge >= 0.3 is 0 Å². The van der Waals surface area contributed by atoms with E-state index < -0.39 is 0 Å². The summed E-state index contributed by atoms with van der Waals surface area (Å²) in [6.45, 7) is 6.84. The summed E-state index contributed by atoms with van der Waals surface area (Å²) in [7, 11) is 0. The number of pyridine rings is 1. The Morgan fingerprint density at radius 3 is 2.81 bits per heavy atom. The molecule has 0 spiro atoms. The van der Waals surface area contributed by atoms with Gasteiger partial charge in [-0.25, -0.2) is 0 Å². The summed E-state index contributed by atoms with van der Waals surface area (Å²) >= 11 is 1.55. The van der Waals surface area contributed by atoms with Crippen LogP contribution in [0.5, 0.6) is 0 Å². The predicted molar refractivity (Wildman–Crippen MR) is 107 cm³/mol. The van der Waals surface area contributed by atoms with Gasteiger partial charge in [-0.2, -0.15) is 0 Å². The predicted octanol–water partition coefficient (Wildman–Crippen LogP) is 3.69. The number of thiophene rings is 1. The van der Waals surface area contributed by atoms with Gasteiger partial charge in [-0.1, -0.05) is 26.8 Å². The van der Waals surface area contributed by atoms with Gasteiger partial charge in [-0.3, -0.25) is 25.4 Å². The molecule has 1 atom stereocenters. The topological polar surface area (TPSA) is 71.1 Å². The number of carbonyl (C=O) groups is 2. The zero-order valence-electron chi connectivity index (χ0n) is 16.2. The quantitative estimate of drug-likeness (QED) is 0.789. The molecule has 0 aliphatic heterocycles. The molecule has 0 bridgehead atoms. The van der Waals surface area contributed by atoms with E-state index in [0.717, 1.165) is 18.4 Å². The molecule has 3 rings (SSSR count). The molecule has 144 valence electrons. The van der Waals surface area contributed by atoms with Gasteiger partial charge in [-0.05, 0) is 60.3 Å². The maximum Gasteiger partial charge on any atom is 0.279 e. The molecule has 0 fully saturated rings. The Kier molecular flexibility index (Phi) is 5.95. The smallest absolute Gasteiger partial charge is 0.273 e. The van der Waals surface area contributed by atoms with Crippen LogP contribution in [0, 0.1) is 11.3 Å². The molecule has 27 heavy (non-hydrogen) atoms. The number of rotatable bonds is 4. The molecule has 0 aromatic carbocycles. The lowest BCUT2D eigenvalue weighted by atomic mass is 9.72. The molecule has 1 unspecified atom stereocenters. The van der Waals surface area contributed by atoms with Crippen LogP contribution in [-0.2, 0) is 24.1 Å². The summed E-state index contributed by atoms with van der Waals surface area (Å²) in [6, 6.07) is 5.77. The van der Waals surface area contributed by atoms with E-state index in [2.05, 4.69) is 36.6 Å². The number of amides is 2. The second-order valence-electron chi connectivity index (χ2n) is 8.23. The summed E-state index contributed by atoms with van der Waals surface area (Å²) < 4.78 is 0. The molecule has 2 heterocycles. The molecule has 0 saturated heterocycles. The monoisotopic (exact) mass is 385 g/mol. The fourth-order valence-electron chi connectivity index (χ4n) is 3.43. The number of aryl methyl sites for hydroxylation is 2. The highest BCUT2D eigenvalue weighted by Gasteiger charge is 2.30. The van der Waals surface area contributed by atoms with Crippen molar-refractivity contribution in [3.05, 3.63) is 51.5 Å². The second-order valence-corrected chi connectivity index (χ2v) is 9.37. The molecule has 5 nitrogen and oxygen atoms in total. The number of hydrogen-bond acceptors (Lipinski definition) is 4. The number of hydrazine groups is 1. The Hall–Kier alpha value is -2.21. The number of nitrogens with zero attached hydrogens (tertiary/aromatic N) is 1. The molecule has 6 heteroatoms. The van der Waals surface area contributed by atoms with Crippen LogP contribution in [-0.4, -0.2) is 16.8 Å². The van der Waals surface area contributed by atoms with Crippen LogP contribution in [0.3, 0.4) is 0 Å². The highest BCUT2D eigenvalue weighted by atomic mass is 32.1. The molecule has 0 saturated carbocycles. The van der Waals surface area contributed by atoms with Gasteiger partial charge in [0.25, 0.3) is 5.91 Å². The molecule has 2 aromatic heterocycles. The van der Waals surface area contributed by atoms with Crippen molar-refractivity contribution >= 4 is 23.2 Å². The van der Waals surface area contributed by atoms with Crippen molar-refractivity contribution in [1.29, 1.82) is 0 Å². The van der Waals surface area contributed by atoms with Crippen molar-refractivity contribution < 1.29 is 9.59 Å². The molecule has 1 aliphatic carbocycles. The average molecular weight is 386 g/mol. The summed E-state index contributed by atoms with van der Waals surface area (Å²) in [5.74, 6) is 0.195. The average Bonchev–Trinajstić information content (AvgIpc) is 3.08. The molecular formula is C21H27N3O2S. The Balaban J connectivity index is 1.50. The van der Waals surface area contributed by atoms with Crippen LogP contribution < -0.4 is 10.9 Å². The van der Waals surface area contributed by atoms with Gasteiger partial charge in [0.05, 0.1) is 4.88 Å². The van der Waals surface area contributed by atoms with E-state index in [-0.39, 0.29) is 17.2 Å². The van der Waals surface area contributed by atoms with Crippen molar-refractivity contribution in [2.24, 2.45) is 11.3 Å². The third-order valence-corrected chi connectivity index (χ3v) is 6.45. The van der Waals surface area contributed by atoms with Crippen LogP contribution in [0.2, 0.25) is 0 Å². The second kappa shape index (κ2) is 8.21. The van der Waals surface area contributed by atoms with Crippen LogP contribution in [0.15, 0.2) is 30.6 Å². The highest BCUT2D eigenvalue weighted by molar-refractivity contribution is 7.14. The van der Waals surface area contributed by atoms with Crippen molar-refractivity contribution in [2.75, 3.05) is 0 Å². The van der Waals surface area contributed by atoms with Crippen molar-refractivity contribution in [3.8, 4) is 0 Å². The van der Waals surface area contributed by atoms with Crippen LogP contribution in [0.4, 0.5) is 0 Å². The number of aromatic nitrogens is 1. The van der Waals surface area contributed by atoms with E-state index >= 15 is 0 Å². The van der Waals surface area contributed by atoms with E-state index in [1.54, 1.807) is 23.7 Å². The Morgan fingerprint density at radius 2 is 2.11 bits per heavy atom. The third-order valence-electron chi connectivity index (χ3n) is 5.21. The van der Waals surface area contributed by atoms with E-state index in [1.807, 2.05) is 18.2 Å². The number of carbonyl (C=O) groups excluding carboxylic acids is 2. The zero-order chi connectivity index (χ0) is 19.4. The van der Waals surface area contributed by atoms with Gasteiger partial charge in [0, 0.05) is 23.7 Å². The van der Waals surface area contributed by atoms with Crippen molar-refractivity contribution in [2.45, 2.75) is 52.9 Å². The first-order chi connectivity index (χ1) is 12.8. The van der Waals surface area contributed by atoms with Crippen LogP contribution in [0.25, 0.3) is 0 Å². The molecule has 0 radical (unpaired) electrons. The maximum atomic E-state index is 12.4. The Labute approximate surface area is 164 Å². The summed E-state index contributed by atoms with van der Waals surface area (Å²) in [5.41, 5.74) is 7.63. The van der Waals surface area contributed by atoms with E-state index in [1.165, 1.54) is 16.9 Å². The molecule has 2 N–H and O–H groups in total. The largest absolute Gasteiger partial charge is 0.279 e. The Morgan fingerprint density at radius 1 is 1.30 bits per heavy atom. The molecular weight excluding hydrogens is 358 g/mol. The number of hydrogen-bond donors (Lipinski definition) is 2. The molecule has 2 amide bonds.